The first-order valence-electron chi connectivity index (χ1n) is 10.2. The van der Waals surface area contributed by atoms with Crippen LogP contribution in [0.25, 0.3) is 0 Å². The van der Waals surface area contributed by atoms with Crippen molar-refractivity contribution in [2.45, 2.75) is 58.5 Å². The first kappa shape index (κ1) is 20.4. The van der Waals surface area contributed by atoms with Crippen molar-refractivity contribution < 1.29 is 18.9 Å². The topological polar surface area (TPSA) is 36.9 Å². The first-order chi connectivity index (χ1) is 13.1. The van der Waals surface area contributed by atoms with Crippen molar-refractivity contribution in [2.24, 2.45) is 17.8 Å². The Balaban J connectivity index is 1.54. The maximum Gasteiger partial charge on any atom is 0.157 e. The molecule has 3 rings (SSSR count). The molecule has 0 radical (unpaired) electrons. The minimum absolute atomic E-state index is 0.0315. The summed E-state index contributed by atoms with van der Waals surface area (Å²) in [7, 11) is 1.68. The lowest BCUT2D eigenvalue weighted by molar-refractivity contribution is -0.195. The third-order valence-electron chi connectivity index (χ3n) is 6.10. The van der Waals surface area contributed by atoms with E-state index < -0.39 is 0 Å². The summed E-state index contributed by atoms with van der Waals surface area (Å²) in [5, 5.41) is 0. The lowest BCUT2D eigenvalue weighted by Gasteiger charge is -2.28. The van der Waals surface area contributed by atoms with E-state index in [0.717, 1.165) is 43.8 Å². The Bertz CT molecular complexity index is 591. The molecule has 4 heteroatoms. The molecule has 1 saturated heterocycles. The molecule has 4 nitrogen and oxygen atoms in total. The van der Waals surface area contributed by atoms with Crippen LogP contribution in [-0.2, 0) is 20.8 Å². The molecule has 1 aliphatic carbocycles. The maximum absolute atomic E-state index is 6.33. The van der Waals surface area contributed by atoms with Gasteiger partial charge in [-0.05, 0) is 68.1 Å². The Kier molecular flexibility index (Phi) is 7.33. The Labute approximate surface area is 163 Å². The predicted octanol–water partition coefficient (Wildman–Crippen LogP) is 4.97. The first-order valence-corrected chi connectivity index (χ1v) is 10.2. The van der Waals surface area contributed by atoms with E-state index >= 15 is 0 Å². The SMILES string of the molecule is C=C(C)[C@H]1C[C@H](OC2CCCCO2)[C@H](C)[C@H]1COCc1ccc(OC)cc1. The third kappa shape index (κ3) is 5.34. The van der Waals surface area contributed by atoms with E-state index in [1.165, 1.54) is 12.0 Å². The Morgan fingerprint density at radius 1 is 1.22 bits per heavy atom. The fourth-order valence-corrected chi connectivity index (χ4v) is 4.34. The minimum atomic E-state index is -0.0315. The summed E-state index contributed by atoms with van der Waals surface area (Å²) in [5.41, 5.74) is 2.40. The average Bonchev–Trinajstić information content (AvgIpc) is 2.99. The molecule has 1 aromatic rings. The smallest absolute Gasteiger partial charge is 0.157 e. The van der Waals surface area contributed by atoms with Crippen molar-refractivity contribution in [1.82, 2.24) is 0 Å². The summed E-state index contributed by atoms with van der Waals surface area (Å²) >= 11 is 0. The highest BCUT2D eigenvalue weighted by Crippen LogP contribution is 2.43. The van der Waals surface area contributed by atoms with E-state index in [-0.39, 0.29) is 12.4 Å². The van der Waals surface area contributed by atoms with Gasteiger partial charge in [-0.25, -0.2) is 0 Å². The fourth-order valence-electron chi connectivity index (χ4n) is 4.34. The molecule has 0 N–H and O–H groups in total. The van der Waals surface area contributed by atoms with Gasteiger partial charge in [0.1, 0.15) is 5.75 Å². The fraction of sp³-hybridized carbons (Fsp3) is 0.652. The largest absolute Gasteiger partial charge is 0.497 e. The van der Waals surface area contributed by atoms with E-state index in [1.807, 2.05) is 12.1 Å². The number of rotatable bonds is 8. The van der Waals surface area contributed by atoms with Gasteiger partial charge < -0.3 is 18.9 Å². The summed E-state index contributed by atoms with van der Waals surface area (Å²) in [5.74, 6) is 2.20. The van der Waals surface area contributed by atoms with Gasteiger partial charge in [-0.1, -0.05) is 31.2 Å². The second-order valence-electron chi connectivity index (χ2n) is 8.05. The number of methoxy groups -OCH3 is 1. The van der Waals surface area contributed by atoms with Gasteiger partial charge in [0.2, 0.25) is 0 Å². The van der Waals surface area contributed by atoms with Crippen LogP contribution in [0.2, 0.25) is 0 Å². The molecule has 2 aliphatic rings. The van der Waals surface area contributed by atoms with Gasteiger partial charge in [0, 0.05) is 6.61 Å². The van der Waals surface area contributed by atoms with Gasteiger partial charge in [0.15, 0.2) is 6.29 Å². The average molecular weight is 375 g/mol. The van der Waals surface area contributed by atoms with Crippen LogP contribution in [0.5, 0.6) is 5.75 Å². The van der Waals surface area contributed by atoms with Crippen LogP contribution in [0.3, 0.4) is 0 Å². The summed E-state index contributed by atoms with van der Waals surface area (Å²) in [6.45, 7) is 10.8. The normalized spacial score (nSPS) is 31.0. The molecular formula is C23H34O4. The predicted molar refractivity (Wildman–Crippen MR) is 107 cm³/mol. The van der Waals surface area contributed by atoms with Crippen molar-refractivity contribution in [1.29, 1.82) is 0 Å². The van der Waals surface area contributed by atoms with Crippen molar-refractivity contribution in [2.75, 3.05) is 20.3 Å². The zero-order valence-corrected chi connectivity index (χ0v) is 17.0. The second kappa shape index (κ2) is 9.72. The Morgan fingerprint density at radius 3 is 2.63 bits per heavy atom. The van der Waals surface area contributed by atoms with Crippen molar-refractivity contribution in [3.05, 3.63) is 42.0 Å². The second-order valence-corrected chi connectivity index (χ2v) is 8.05. The molecule has 0 aromatic heterocycles. The van der Waals surface area contributed by atoms with Gasteiger partial charge in [0.05, 0.1) is 26.4 Å². The molecular weight excluding hydrogens is 340 g/mol. The van der Waals surface area contributed by atoms with Gasteiger partial charge >= 0.3 is 0 Å². The van der Waals surface area contributed by atoms with Crippen LogP contribution >= 0.6 is 0 Å². The molecule has 1 heterocycles. The van der Waals surface area contributed by atoms with E-state index in [9.17, 15) is 0 Å². The number of hydrogen-bond donors (Lipinski definition) is 0. The summed E-state index contributed by atoms with van der Waals surface area (Å²) in [4.78, 5) is 0. The van der Waals surface area contributed by atoms with Crippen LogP contribution in [-0.4, -0.2) is 32.7 Å². The monoisotopic (exact) mass is 374 g/mol. The molecule has 1 saturated carbocycles. The standard InChI is InChI=1S/C23H34O4/c1-16(2)20-13-22(27-23-7-5-6-12-26-23)17(3)21(20)15-25-14-18-8-10-19(24-4)11-9-18/h8-11,17,20-23H,1,5-7,12-15H2,2-4H3/t17-,20-,21-,22+,23?/m1/s1. The molecule has 1 aromatic carbocycles. The maximum atomic E-state index is 6.33. The molecule has 0 bridgehead atoms. The molecule has 150 valence electrons. The van der Waals surface area contributed by atoms with E-state index in [0.29, 0.717) is 24.4 Å². The van der Waals surface area contributed by atoms with Gasteiger partial charge in [-0.3, -0.25) is 0 Å². The highest BCUT2D eigenvalue weighted by molar-refractivity contribution is 5.26. The summed E-state index contributed by atoms with van der Waals surface area (Å²) < 4.78 is 23.4. The third-order valence-corrected chi connectivity index (χ3v) is 6.10. The Morgan fingerprint density at radius 2 is 2.00 bits per heavy atom. The van der Waals surface area contributed by atoms with Crippen LogP contribution in [0.15, 0.2) is 36.4 Å². The van der Waals surface area contributed by atoms with Crippen LogP contribution in [0.1, 0.15) is 45.1 Å². The van der Waals surface area contributed by atoms with E-state index in [1.54, 1.807) is 7.11 Å². The van der Waals surface area contributed by atoms with Gasteiger partial charge in [-0.2, -0.15) is 0 Å². The zero-order chi connectivity index (χ0) is 19.2. The van der Waals surface area contributed by atoms with E-state index in [4.69, 9.17) is 18.9 Å². The van der Waals surface area contributed by atoms with Crippen molar-refractivity contribution in [3.63, 3.8) is 0 Å². The summed E-state index contributed by atoms with van der Waals surface area (Å²) in [6.07, 6.45) is 4.58. The number of ether oxygens (including phenoxy) is 4. The Hall–Kier alpha value is -1.36. The number of hydrogen-bond acceptors (Lipinski definition) is 4. The van der Waals surface area contributed by atoms with Gasteiger partial charge in [0.25, 0.3) is 0 Å². The molecule has 5 atom stereocenters. The molecule has 27 heavy (non-hydrogen) atoms. The van der Waals surface area contributed by atoms with Crippen LogP contribution in [0, 0.1) is 17.8 Å². The van der Waals surface area contributed by atoms with Crippen molar-refractivity contribution in [3.8, 4) is 5.75 Å². The zero-order valence-electron chi connectivity index (χ0n) is 17.0. The lowest BCUT2D eigenvalue weighted by atomic mass is 9.87. The van der Waals surface area contributed by atoms with Gasteiger partial charge in [-0.15, -0.1) is 0 Å². The number of benzene rings is 1. The van der Waals surface area contributed by atoms with Crippen LogP contribution in [0.4, 0.5) is 0 Å². The minimum Gasteiger partial charge on any atom is -0.497 e. The molecule has 1 aliphatic heterocycles. The quantitative estimate of drug-likeness (QED) is 0.602. The van der Waals surface area contributed by atoms with E-state index in [2.05, 4.69) is 32.6 Å². The molecule has 0 amide bonds. The molecule has 1 unspecified atom stereocenters. The summed E-state index contributed by atoms with van der Waals surface area (Å²) in [6, 6.07) is 8.06. The highest BCUT2D eigenvalue weighted by atomic mass is 16.7. The highest BCUT2D eigenvalue weighted by Gasteiger charge is 2.42. The number of allylic oxidation sites excluding steroid dienone is 1. The molecule has 0 spiro atoms. The van der Waals surface area contributed by atoms with Crippen LogP contribution < -0.4 is 4.74 Å². The lowest BCUT2D eigenvalue weighted by Crippen LogP contribution is -2.30. The molecule has 2 fully saturated rings. The van der Waals surface area contributed by atoms with Crippen molar-refractivity contribution >= 4 is 0 Å².